The minimum absolute atomic E-state index is 0.309. The van der Waals surface area contributed by atoms with Gasteiger partial charge in [-0.2, -0.15) is 0 Å². The number of carboxylic acids is 3. The molecule has 0 saturated carbocycles. The lowest BCUT2D eigenvalue weighted by Gasteiger charge is -2.28. The molecule has 0 rings (SSSR count). The Labute approximate surface area is 237 Å². The summed E-state index contributed by atoms with van der Waals surface area (Å²) in [4.78, 5) is 85.4. The molecule has 16 heteroatoms. The summed E-state index contributed by atoms with van der Waals surface area (Å²) >= 11 is 0. The Morgan fingerprint density at radius 1 is 0.659 bits per heavy atom. The zero-order valence-electron chi connectivity index (χ0n) is 23.9. The molecule has 0 aromatic rings. The van der Waals surface area contributed by atoms with Gasteiger partial charge in [-0.25, -0.2) is 4.79 Å². The normalized spacial score (nSPS) is 16.2. The highest BCUT2D eigenvalue weighted by atomic mass is 16.4. The Hall–Kier alpha value is -3.79. The van der Waals surface area contributed by atoms with Crippen molar-refractivity contribution in [2.45, 2.75) is 103 Å². The second kappa shape index (κ2) is 17.8. The fraction of sp³-hybridized carbons (Fsp3) is 0.720. The molecule has 10 N–H and O–H groups in total. The van der Waals surface area contributed by atoms with Crippen LogP contribution in [0.5, 0.6) is 0 Å². The molecule has 0 spiro atoms. The summed E-state index contributed by atoms with van der Waals surface area (Å²) in [5.74, 6) is -8.66. The highest BCUT2D eigenvalue weighted by Gasteiger charge is 2.34. The number of aliphatic hydroxyl groups excluding tert-OH is 1. The van der Waals surface area contributed by atoms with Crippen LogP contribution in [0.4, 0.5) is 0 Å². The van der Waals surface area contributed by atoms with Crippen LogP contribution in [0.1, 0.15) is 66.7 Å². The average Bonchev–Trinajstić information content (AvgIpc) is 2.88. The summed E-state index contributed by atoms with van der Waals surface area (Å²) in [5.41, 5.74) is 5.78. The first-order valence-corrected chi connectivity index (χ1v) is 13.2. The highest BCUT2D eigenvalue weighted by molar-refractivity contribution is 5.96. The van der Waals surface area contributed by atoms with Gasteiger partial charge in [-0.1, -0.05) is 34.1 Å². The Morgan fingerprint density at radius 3 is 1.44 bits per heavy atom. The van der Waals surface area contributed by atoms with Crippen LogP contribution < -0.4 is 27.0 Å². The van der Waals surface area contributed by atoms with Gasteiger partial charge in [-0.3, -0.25) is 28.8 Å². The van der Waals surface area contributed by atoms with Gasteiger partial charge in [0.15, 0.2) is 0 Å². The molecule has 4 amide bonds. The molecule has 7 atom stereocenters. The van der Waals surface area contributed by atoms with E-state index in [1.54, 1.807) is 27.7 Å². The average molecular weight is 590 g/mol. The third-order valence-electron chi connectivity index (χ3n) is 6.42. The van der Waals surface area contributed by atoms with Crippen molar-refractivity contribution in [3.05, 3.63) is 0 Å². The number of aliphatic hydroxyl groups is 1. The van der Waals surface area contributed by atoms with E-state index in [4.69, 9.17) is 15.9 Å². The molecule has 0 bridgehead atoms. The predicted octanol–water partition coefficient (Wildman–Crippen LogP) is -1.85. The molecule has 0 radical (unpaired) electrons. The fourth-order valence-corrected chi connectivity index (χ4v) is 3.50. The number of nitrogens with two attached hydrogens (primary N) is 1. The van der Waals surface area contributed by atoms with E-state index in [1.807, 2.05) is 0 Å². The van der Waals surface area contributed by atoms with Crippen LogP contribution >= 0.6 is 0 Å². The maximum absolute atomic E-state index is 13.1. The second-order valence-electron chi connectivity index (χ2n) is 10.2. The van der Waals surface area contributed by atoms with Gasteiger partial charge < -0.3 is 47.4 Å². The van der Waals surface area contributed by atoms with Gasteiger partial charge in [0.1, 0.15) is 24.2 Å². The summed E-state index contributed by atoms with van der Waals surface area (Å²) in [5, 5.41) is 46.8. The van der Waals surface area contributed by atoms with Gasteiger partial charge in [0.25, 0.3) is 0 Å². The first-order chi connectivity index (χ1) is 18.9. The van der Waals surface area contributed by atoms with Crippen molar-refractivity contribution < 1.29 is 54.0 Å². The molecule has 7 unspecified atom stereocenters. The molecular formula is C25H43N5O11. The van der Waals surface area contributed by atoms with Crippen LogP contribution in [0.3, 0.4) is 0 Å². The summed E-state index contributed by atoms with van der Waals surface area (Å²) in [6.45, 7) is 7.79. The number of amides is 4. The third-order valence-corrected chi connectivity index (χ3v) is 6.42. The van der Waals surface area contributed by atoms with Crippen LogP contribution in [0, 0.1) is 11.8 Å². The van der Waals surface area contributed by atoms with Crippen molar-refractivity contribution in [1.29, 1.82) is 0 Å². The van der Waals surface area contributed by atoms with Crippen LogP contribution in [0.15, 0.2) is 0 Å². The third kappa shape index (κ3) is 13.4. The van der Waals surface area contributed by atoms with E-state index >= 15 is 0 Å². The standard InChI is InChI=1S/C25H43N5O11/c1-6-12(4)19(25(40)41)29-22(37)15(8-10-17(34)35)27-21(36)14(7-9-16(32)33)28-24(39)20(13(5)31)30-23(38)18(26)11(2)3/h11-15,18-20,31H,6-10,26H2,1-5H3,(H,27,36)(H,28,39)(H,29,37)(H,30,38)(H,32,33)(H,34,35)(H,40,41). The first kappa shape index (κ1) is 37.2. The van der Waals surface area contributed by atoms with E-state index in [2.05, 4.69) is 21.3 Å². The van der Waals surface area contributed by atoms with Gasteiger partial charge in [-0.05, 0) is 31.6 Å². The van der Waals surface area contributed by atoms with Crippen LogP contribution in [-0.4, -0.2) is 98.3 Å². The molecule has 0 aliphatic rings. The maximum atomic E-state index is 13.1. The van der Waals surface area contributed by atoms with E-state index in [-0.39, 0.29) is 5.92 Å². The summed E-state index contributed by atoms with van der Waals surface area (Å²) in [6.07, 6.45) is -3.18. The molecule has 0 fully saturated rings. The quantitative estimate of drug-likeness (QED) is 0.0803. The minimum Gasteiger partial charge on any atom is -0.481 e. The van der Waals surface area contributed by atoms with Crippen LogP contribution in [0.25, 0.3) is 0 Å². The van der Waals surface area contributed by atoms with Crippen molar-refractivity contribution in [3.8, 4) is 0 Å². The molecule has 0 aromatic heterocycles. The number of rotatable bonds is 19. The number of carbonyl (C=O) groups is 7. The molecule has 0 aliphatic heterocycles. The SMILES string of the molecule is CCC(C)C(NC(=O)C(CCC(=O)O)NC(=O)C(CCC(=O)O)NC(=O)C(NC(=O)C(N)C(C)C)C(C)O)C(=O)O. The summed E-state index contributed by atoms with van der Waals surface area (Å²) < 4.78 is 0. The van der Waals surface area contributed by atoms with Crippen molar-refractivity contribution >= 4 is 41.5 Å². The van der Waals surface area contributed by atoms with Gasteiger partial charge in [-0.15, -0.1) is 0 Å². The molecule has 0 heterocycles. The second-order valence-corrected chi connectivity index (χ2v) is 10.2. The van der Waals surface area contributed by atoms with Crippen molar-refractivity contribution in [2.24, 2.45) is 17.6 Å². The monoisotopic (exact) mass is 589 g/mol. The van der Waals surface area contributed by atoms with Crippen LogP contribution in [-0.2, 0) is 33.6 Å². The number of hydrogen-bond donors (Lipinski definition) is 9. The lowest BCUT2D eigenvalue weighted by molar-refractivity contribution is -0.144. The Bertz CT molecular complexity index is 956. The Balaban J connectivity index is 5.99. The van der Waals surface area contributed by atoms with E-state index in [9.17, 15) is 43.8 Å². The van der Waals surface area contributed by atoms with Gasteiger partial charge >= 0.3 is 17.9 Å². The molecule has 0 aliphatic carbocycles. The minimum atomic E-state index is -1.60. The number of carboxylic acid groups (broad SMARTS) is 3. The zero-order valence-corrected chi connectivity index (χ0v) is 23.9. The van der Waals surface area contributed by atoms with E-state index in [0.29, 0.717) is 6.42 Å². The number of nitrogens with one attached hydrogen (secondary N) is 4. The molecule has 16 nitrogen and oxygen atoms in total. The van der Waals surface area contributed by atoms with Crippen molar-refractivity contribution in [2.75, 3.05) is 0 Å². The predicted molar refractivity (Wildman–Crippen MR) is 143 cm³/mol. The van der Waals surface area contributed by atoms with Gasteiger partial charge in [0.2, 0.25) is 23.6 Å². The number of carbonyl (C=O) groups excluding carboxylic acids is 4. The van der Waals surface area contributed by atoms with Crippen molar-refractivity contribution in [3.63, 3.8) is 0 Å². The molecule has 0 aromatic carbocycles. The Morgan fingerprint density at radius 2 is 1.07 bits per heavy atom. The lowest BCUT2D eigenvalue weighted by Crippen LogP contribution is -2.61. The topological polar surface area (TPSA) is 275 Å². The fourth-order valence-electron chi connectivity index (χ4n) is 3.50. The zero-order chi connectivity index (χ0) is 32.0. The van der Waals surface area contributed by atoms with E-state index in [1.165, 1.54) is 6.92 Å². The van der Waals surface area contributed by atoms with Crippen molar-refractivity contribution in [1.82, 2.24) is 21.3 Å². The summed E-state index contributed by atoms with van der Waals surface area (Å²) in [7, 11) is 0. The van der Waals surface area contributed by atoms with E-state index in [0.717, 1.165) is 0 Å². The highest BCUT2D eigenvalue weighted by Crippen LogP contribution is 2.10. The first-order valence-electron chi connectivity index (χ1n) is 13.2. The summed E-state index contributed by atoms with van der Waals surface area (Å²) in [6, 6.07) is -7.09. The van der Waals surface area contributed by atoms with E-state index < -0.39 is 109 Å². The molecular weight excluding hydrogens is 546 g/mol. The van der Waals surface area contributed by atoms with Gasteiger partial charge in [0, 0.05) is 12.8 Å². The number of hydrogen-bond acceptors (Lipinski definition) is 9. The lowest BCUT2D eigenvalue weighted by atomic mass is 9.98. The number of aliphatic carboxylic acids is 3. The maximum Gasteiger partial charge on any atom is 0.326 e. The van der Waals surface area contributed by atoms with Gasteiger partial charge in [0.05, 0.1) is 12.1 Å². The molecule has 0 saturated heterocycles. The molecule has 41 heavy (non-hydrogen) atoms. The Kier molecular flexibility index (Phi) is 16.2. The van der Waals surface area contributed by atoms with Crippen LogP contribution in [0.2, 0.25) is 0 Å². The molecule has 234 valence electrons. The largest absolute Gasteiger partial charge is 0.481 e. The smallest absolute Gasteiger partial charge is 0.326 e.